The second kappa shape index (κ2) is 6.43. The maximum Gasteiger partial charge on any atom is 0.129 e. The van der Waals surface area contributed by atoms with Crippen molar-refractivity contribution in [3.63, 3.8) is 0 Å². The Hall–Kier alpha value is -1.30. The summed E-state index contributed by atoms with van der Waals surface area (Å²) in [6.07, 6.45) is -0.951. The van der Waals surface area contributed by atoms with E-state index in [0.29, 0.717) is 5.56 Å². The minimum absolute atomic E-state index is 0.0553. The molecule has 0 heterocycles. The molecule has 5 heteroatoms. The molecule has 0 amide bonds. The van der Waals surface area contributed by atoms with Crippen molar-refractivity contribution < 1.29 is 13.9 Å². The molecule has 0 bridgehead atoms. The Bertz CT molecular complexity index is 589. The normalized spacial score (nSPS) is 14.1. The van der Waals surface area contributed by atoms with Gasteiger partial charge in [-0.3, -0.25) is 0 Å². The van der Waals surface area contributed by atoms with Gasteiger partial charge in [-0.1, -0.05) is 34.1 Å². The summed E-state index contributed by atoms with van der Waals surface area (Å²) < 4.78 is 27.6. The van der Waals surface area contributed by atoms with E-state index in [1.54, 1.807) is 24.3 Å². The smallest absolute Gasteiger partial charge is 0.129 e. The van der Waals surface area contributed by atoms with Crippen molar-refractivity contribution in [3.8, 4) is 0 Å². The molecule has 0 aliphatic rings. The largest absolute Gasteiger partial charge is 0.388 e. The zero-order valence-electron chi connectivity index (χ0n) is 10.6. The molecule has 3 N–H and O–H groups in total. The standard InChI is InChI=1S/C15H14BrF2NO/c16-10-3-1-9(2-4-10)15(20)13(8-19)12-6-5-11(17)7-14(12)18/h1-7,13,15,20H,8,19H2. The Morgan fingerprint density at radius 2 is 1.75 bits per heavy atom. The second-order valence-electron chi connectivity index (χ2n) is 4.50. The highest BCUT2D eigenvalue weighted by atomic mass is 79.9. The molecule has 0 saturated heterocycles. The summed E-state index contributed by atoms with van der Waals surface area (Å²) in [4.78, 5) is 0. The van der Waals surface area contributed by atoms with E-state index >= 15 is 0 Å². The number of benzene rings is 2. The van der Waals surface area contributed by atoms with Crippen LogP contribution in [-0.2, 0) is 0 Å². The van der Waals surface area contributed by atoms with Gasteiger partial charge in [0.15, 0.2) is 0 Å². The van der Waals surface area contributed by atoms with E-state index in [-0.39, 0.29) is 12.1 Å². The van der Waals surface area contributed by atoms with Gasteiger partial charge in [0.2, 0.25) is 0 Å². The van der Waals surface area contributed by atoms with Crippen LogP contribution in [0.3, 0.4) is 0 Å². The minimum atomic E-state index is -0.951. The van der Waals surface area contributed by atoms with E-state index in [0.717, 1.165) is 16.6 Å². The lowest BCUT2D eigenvalue weighted by Crippen LogP contribution is -2.21. The zero-order valence-corrected chi connectivity index (χ0v) is 12.1. The SMILES string of the molecule is NCC(c1ccc(F)cc1F)C(O)c1ccc(Br)cc1. The van der Waals surface area contributed by atoms with Crippen LogP contribution in [0.25, 0.3) is 0 Å². The van der Waals surface area contributed by atoms with Crippen molar-refractivity contribution in [1.29, 1.82) is 0 Å². The summed E-state index contributed by atoms with van der Waals surface area (Å²) in [5.74, 6) is -1.98. The first-order chi connectivity index (χ1) is 9.52. The summed E-state index contributed by atoms with van der Waals surface area (Å²) in [5.41, 5.74) is 6.49. The number of hydrogen-bond donors (Lipinski definition) is 2. The highest BCUT2D eigenvalue weighted by molar-refractivity contribution is 9.10. The first kappa shape index (κ1) is 15.1. The third-order valence-electron chi connectivity index (χ3n) is 3.21. The summed E-state index contributed by atoms with van der Waals surface area (Å²) in [6.45, 7) is 0.0553. The lowest BCUT2D eigenvalue weighted by atomic mass is 9.89. The molecular weight excluding hydrogens is 328 g/mol. The maximum atomic E-state index is 13.8. The molecule has 106 valence electrons. The molecule has 2 aromatic carbocycles. The van der Waals surface area contributed by atoms with Gasteiger partial charge < -0.3 is 10.8 Å². The predicted molar refractivity (Wildman–Crippen MR) is 77.3 cm³/mol. The highest BCUT2D eigenvalue weighted by Crippen LogP contribution is 2.32. The van der Waals surface area contributed by atoms with Gasteiger partial charge >= 0.3 is 0 Å². The van der Waals surface area contributed by atoms with Gasteiger partial charge in [-0.15, -0.1) is 0 Å². The van der Waals surface area contributed by atoms with E-state index in [1.807, 2.05) is 0 Å². The van der Waals surface area contributed by atoms with Gasteiger partial charge in [-0.2, -0.15) is 0 Å². The van der Waals surface area contributed by atoms with Crippen molar-refractivity contribution in [3.05, 3.63) is 69.7 Å². The van der Waals surface area contributed by atoms with Crippen LogP contribution in [0, 0.1) is 11.6 Å². The average molecular weight is 342 g/mol. The fourth-order valence-electron chi connectivity index (χ4n) is 2.12. The zero-order chi connectivity index (χ0) is 14.7. The van der Waals surface area contributed by atoms with Crippen LogP contribution in [-0.4, -0.2) is 11.7 Å². The van der Waals surface area contributed by atoms with Crippen LogP contribution in [0.15, 0.2) is 46.9 Å². The molecule has 0 fully saturated rings. The van der Waals surface area contributed by atoms with Crippen LogP contribution in [0.4, 0.5) is 8.78 Å². The summed E-state index contributed by atoms with van der Waals surface area (Å²) in [5, 5.41) is 10.4. The lowest BCUT2D eigenvalue weighted by molar-refractivity contribution is 0.145. The third-order valence-corrected chi connectivity index (χ3v) is 3.74. The topological polar surface area (TPSA) is 46.2 Å². The molecular formula is C15H14BrF2NO. The first-order valence-corrected chi connectivity index (χ1v) is 6.90. The summed E-state index contributed by atoms with van der Waals surface area (Å²) >= 11 is 3.31. The van der Waals surface area contributed by atoms with Gasteiger partial charge in [0.1, 0.15) is 11.6 Å². The molecule has 20 heavy (non-hydrogen) atoms. The van der Waals surface area contributed by atoms with E-state index in [1.165, 1.54) is 6.07 Å². The quantitative estimate of drug-likeness (QED) is 0.893. The van der Waals surface area contributed by atoms with Gasteiger partial charge in [0.05, 0.1) is 6.10 Å². The molecule has 2 aromatic rings. The molecule has 0 saturated carbocycles. The lowest BCUT2D eigenvalue weighted by Gasteiger charge is -2.23. The number of nitrogens with two attached hydrogens (primary N) is 1. The Morgan fingerprint density at radius 3 is 2.30 bits per heavy atom. The molecule has 2 rings (SSSR count). The van der Waals surface area contributed by atoms with Gasteiger partial charge in [0, 0.05) is 23.0 Å². The van der Waals surface area contributed by atoms with Gasteiger partial charge in [-0.25, -0.2) is 8.78 Å². The molecule has 0 aromatic heterocycles. The average Bonchev–Trinajstić information content (AvgIpc) is 2.42. The molecule has 0 spiro atoms. The van der Waals surface area contributed by atoms with E-state index in [2.05, 4.69) is 15.9 Å². The van der Waals surface area contributed by atoms with Crippen molar-refractivity contribution in [1.82, 2.24) is 0 Å². The summed E-state index contributed by atoms with van der Waals surface area (Å²) in [6, 6.07) is 10.3. The number of aliphatic hydroxyl groups is 1. The van der Waals surface area contributed by atoms with Gasteiger partial charge in [-0.05, 0) is 29.3 Å². The van der Waals surface area contributed by atoms with Crippen LogP contribution < -0.4 is 5.73 Å². The van der Waals surface area contributed by atoms with Crippen molar-refractivity contribution >= 4 is 15.9 Å². The van der Waals surface area contributed by atoms with E-state index in [9.17, 15) is 13.9 Å². The van der Waals surface area contributed by atoms with Crippen molar-refractivity contribution in [2.75, 3.05) is 6.54 Å². The van der Waals surface area contributed by atoms with Crippen LogP contribution >= 0.6 is 15.9 Å². The molecule has 2 atom stereocenters. The molecule has 0 aliphatic heterocycles. The number of rotatable bonds is 4. The van der Waals surface area contributed by atoms with Crippen LogP contribution in [0.2, 0.25) is 0 Å². The van der Waals surface area contributed by atoms with Crippen LogP contribution in [0.1, 0.15) is 23.1 Å². The molecule has 2 unspecified atom stereocenters. The highest BCUT2D eigenvalue weighted by Gasteiger charge is 2.24. The minimum Gasteiger partial charge on any atom is -0.388 e. The fraction of sp³-hybridized carbons (Fsp3) is 0.200. The molecule has 0 aliphatic carbocycles. The third kappa shape index (κ3) is 3.23. The van der Waals surface area contributed by atoms with E-state index in [4.69, 9.17) is 5.73 Å². The maximum absolute atomic E-state index is 13.8. The molecule has 0 radical (unpaired) electrons. The monoisotopic (exact) mass is 341 g/mol. The molecule has 2 nitrogen and oxygen atoms in total. The fourth-order valence-corrected chi connectivity index (χ4v) is 2.38. The van der Waals surface area contributed by atoms with Gasteiger partial charge in [0.25, 0.3) is 0 Å². The van der Waals surface area contributed by atoms with E-state index < -0.39 is 23.7 Å². The number of hydrogen-bond acceptors (Lipinski definition) is 2. The Kier molecular flexibility index (Phi) is 4.86. The summed E-state index contributed by atoms with van der Waals surface area (Å²) in [7, 11) is 0. The van der Waals surface area contributed by atoms with Crippen molar-refractivity contribution in [2.24, 2.45) is 5.73 Å². The Balaban J connectivity index is 2.33. The second-order valence-corrected chi connectivity index (χ2v) is 5.42. The number of halogens is 3. The predicted octanol–water partition coefficient (Wildman–Crippen LogP) is 3.50. The number of aliphatic hydroxyl groups excluding tert-OH is 1. The Labute approximate surface area is 124 Å². The van der Waals surface area contributed by atoms with Crippen molar-refractivity contribution in [2.45, 2.75) is 12.0 Å². The Morgan fingerprint density at radius 1 is 1.10 bits per heavy atom. The first-order valence-electron chi connectivity index (χ1n) is 6.11. The van der Waals surface area contributed by atoms with Crippen LogP contribution in [0.5, 0.6) is 0 Å².